The number of hydrogen-bond donors (Lipinski definition) is 2. The molecule has 0 aliphatic heterocycles. The molecule has 0 radical (unpaired) electrons. The van der Waals surface area contributed by atoms with Crippen LogP contribution in [0.5, 0.6) is 0 Å². The molecule has 0 aliphatic carbocycles. The van der Waals surface area contributed by atoms with Gasteiger partial charge in [-0.3, -0.25) is 4.98 Å². The summed E-state index contributed by atoms with van der Waals surface area (Å²) in [6.07, 6.45) is 1.40. The Morgan fingerprint density at radius 3 is 1.66 bits per heavy atom. The smallest absolute Gasteiger partial charge is 0.0873 e. The van der Waals surface area contributed by atoms with E-state index < -0.39 is 12.2 Å². The largest absolute Gasteiger partial charge is 0.392 e. The molecule has 0 bridgehead atoms. The van der Waals surface area contributed by atoms with Gasteiger partial charge in [-0.2, -0.15) is 0 Å². The van der Waals surface area contributed by atoms with E-state index in [1.807, 2.05) is 121 Å². The fourth-order valence-electron chi connectivity index (χ4n) is 3.59. The molecule has 204 valence electrons. The van der Waals surface area contributed by atoms with Crippen LogP contribution in [0.15, 0.2) is 91.1 Å². The van der Waals surface area contributed by atoms with Crippen LogP contribution in [-0.2, 0) is 21.1 Å². The fraction of sp³-hybridized carbons (Fsp3) is 0.333. The van der Waals surface area contributed by atoms with Crippen molar-refractivity contribution in [1.29, 1.82) is 0 Å². The third-order valence-corrected chi connectivity index (χ3v) is 6.30. The number of benzene rings is 3. The van der Waals surface area contributed by atoms with Gasteiger partial charge < -0.3 is 15.2 Å². The Labute approximate surface area is 242 Å². The van der Waals surface area contributed by atoms with E-state index in [4.69, 9.17) is 9.97 Å². The molecule has 5 heteroatoms. The predicted octanol–water partition coefficient (Wildman–Crippen LogP) is 7.47. The predicted molar refractivity (Wildman–Crippen MR) is 153 cm³/mol. The first-order valence-electron chi connectivity index (χ1n) is 12.8. The number of aromatic nitrogens is 2. The van der Waals surface area contributed by atoms with Crippen molar-refractivity contribution in [2.45, 2.75) is 60.2 Å². The standard InChI is InChI=1S/C22H15N2.C11H24O2.Pt/c1-4-10-17(11-5-1)20-16-23-21(18-12-6-2-7-13-18)22(24-20)19-14-8-3-9-15-19;1-10(2,3)8(12)7-9(13)11(4,5)6;/h1-12,14-16H;8-9,12-13H,7H2,1-6H3;/q-1;;. The first kappa shape index (κ1) is 31.6. The molecule has 4 rings (SSSR count). The van der Waals surface area contributed by atoms with Crippen LogP contribution in [0.4, 0.5) is 0 Å². The van der Waals surface area contributed by atoms with Crippen molar-refractivity contribution in [3.05, 3.63) is 97.2 Å². The van der Waals surface area contributed by atoms with Gasteiger partial charge in [0.25, 0.3) is 0 Å². The molecule has 2 atom stereocenters. The summed E-state index contributed by atoms with van der Waals surface area (Å²) < 4.78 is 0. The van der Waals surface area contributed by atoms with Crippen LogP contribution >= 0.6 is 0 Å². The Kier molecular flexibility index (Phi) is 11.6. The number of hydrogen-bond acceptors (Lipinski definition) is 4. The van der Waals surface area contributed by atoms with Crippen molar-refractivity contribution in [1.82, 2.24) is 9.97 Å². The Bertz CT molecular complexity index is 1220. The second kappa shape index (κ2) is 13.9. The zero-order chi connectivity index (χ0) is 27.1. The van der Waals surface area contributed by atoms with Crippen molar-refractivity contribution in [3.8, 4) is 33.8 Å². The zero-order valence-electron chi connectivity index (χ0n) is 23.1. The van der Waals surface area contributed by atoms with Crippen molar-refractivity contribution in [2.75, 3.05) is 0 Å². The molecule has 0 saturated heterocycles. The molecule has 0 aliphatic rings. The minimum Gasteiger partial charge on any atom is -0.392 e. The van der Waals surface area contributed by atoms with Gasteiger partial charge >= 0.3 is 0 Å². The van der Waals surface area contributed by atoms with Crippen molar-refractivity contribution >= 4 is 0 Å². The molecular weight excluding hydrogens is 651 g/mol. The molecule has 4 aromatic rings. The van der Waals surface area contributed by atoms with Gasteiger partial charge in [0.1, 0.15) is 0 Å². The van der Waals surface area contributed by atoms with Crippen LogP contribution in [0.2, 0.25) is 0 Å². The van der Waals surface area contributed by atoms with E-state index in [0.717, 1.165) is 33.8 Å². The van der Waals surface area contributed by atoms with Gasteiger partial charge in [0, 0.05) is 44.9 Å². The molecule has 1 aromatic heterocycles. The second-order valence-corrected chi connectivity index (χ2v) is 11.5. The maximum atomic E-state index is 9.76. The number of nitrogens with zero attached hydrogens (tertiary/aromatic N) is 2. The van der Waals surface area contributed by atoms with Gasteiger partial charge in [-0.1, -0.05) is 102 Å². The minimum atomic E-state index is -0.443. The van der Waals surface area contributed by atoms with E-state index in [2.05, 4.69) is 18.2 Å². The van der Waals surface area contributed by atoms with Crippen LogP contribution < -0.4 is 0 Å². The number of rotatable bonds is 5. The normalized spacial score (nSPS) is 12.9. The van der Waals surface area contributed by atoms with Gasteiger partial charge in [-0.15, -0.1) is 35.9 Å². The summed E-state index contributed by atoms with van der Waals surface area (Å²) in [5.74, 6) is 0. The number of aliphatic hydroxyl groups excluding tert-OH is 2. The number of aliphatic hydroxyl groups is 2. The van der Waals surface area contributed by atoms with E-state index in [1.54, 1.807) is 0 Å². The van der Waals surface area contributed by atoms with E-state index in [0.29, 0.717) is 6.42 Å². The zero-order valence-corrected chi connectivity index (χ0v) is 25.4. The molecule has 0 saturated carbocycles. The minimum absolute atomic E-state index is 0. The van der Waals surface area contributed by atoms with Gasteiger partial charge in [0.2, 0.25) is 0 Å². The van der Waals surface area contributed by atoms with Gasteiger partial charge in [0.05, 0.1) is 23.6 Å². The molecule has 4 nitrogen and oxygen atoms in total. The van der Waals surface area contributed by atoms with Crippen LogP contribution in [0.1, 0.15) is 48.0 Å². The molecule has 2 N–H and O–H groups in total. The summed E-state index contributed by atoms with van der Waals surface area (Å²) in [5, 5.41) is 19.5. The summed E-state index contributed by atoms with van der Waals surface area (Å²) in [6, 6.07) is 31.4. The molecule has 1 heterocycles. The maximum Gasteiger partial charge on any atom is 0.0873 e. The Hall–Kier alpha value is -2.65. The molecule has 38 heavy (non-hydrogen) atoms. The average molecular weight is 691 g/mol. The summed E-state index contributed by atoms with van der Waals surface area (Å²) in [6.45, 7) is 11.9. The Balaban J connectivity index is 0.000000313. The molecule has 2 unspecified atom stereocenters. The van der Waals surface area contributed by atoms with E-state index in [9.17, 15) is 10.2 Å². The first-order valence-corrected chi connectivity index (χ1v) is 12.8. The Morgan fingerprint density at radius 2 is 1.18 bits per heavy atom. The van der Waals surface area contributed by atoms with E-state index in [-0.39, 0.29) is 31.9 Å². The Morgan fingerprint density at radius 1 is 0.684 bits per heavy atom. The molecule has 0 amide bonds. The topological polar surface area (TPSA) is 66.2 Å². The van der Waals surface area contributed by atoms with Gasteiger partial charge in [0.15, 0.2) is 0 Å². The van der Waals surface area contributed by atoms with E-state index in [1.165, 1.54) is 0 Å². The summed E-state index contributed by atoms with van der Waals surface area (Å²) in [5.41, 5.74) is 5.36. The molecule has 0 fully saturated rings. The monoisotopic (exact) mass is 690 g/mol. The molecular formula is C33H39N2O2Pt-. The molecule has 3 aromatic carbocycles. The quantitative estimate of drug-likeness (QED) is 0.214. The third-order valence-electron chi connectivity index (χ3n) is 6.30. The van der Waals surface area contributed by atoms with Crippen molar-refractivity contribution < 1.29 is 31.3 Å². The second-order valence-electron chi connectivity index (χ2n) is 11.5. The van der Waals surface area contributed by atoms with E-state index >= 15 is 0 Å². The summed E-state index contributed by atoms with van der Waals surface area (Å²) >= 11 is 0. The van der Waals surface area contributed by atoms with Gasteiger partial charge in [-0.25, -0.2) is 0 Å². The summed E-state index contributed by atoms with van der Waals surface area (Å²) in [4.78, 5) is 9.61. The maximum absolute atomic E-state index is 9.76. The average Bonchev–Trinajstić information content (AvgIpc) is 2.89. The van der Waals surface area contributed by atoms with Crippen molar-refractivity contribution in [3.63, 3.8) is 0 Å². The van der Waals surface area contributed by atoms with Crippen molar-refractivity contribution in [2.24, 2.45) is 10.8 Å². The molecule has 0 spiro atoms. The van der Waals surface area contributed by atoms with Crippen LogP contribution in [0.25, 0.3) is 33.8 Å². The fourth-order valence-corrected chi connectivity index (χ4v) is 3.59. The van der Waals surface area contributed by atoms with Crippen LogP contribution in [0, 0.1) is 16.9 Å². The SMILES string of the molecule is CC(C)(C)C(O)CC(O)C(C)(C)C.[Pt].[c-]1ccccc1-c1ncc(-c2ccccc2)nc1-c1ccccc1. The van der Waals surface area contributed by atoms with Crippen LogP contribution in [-0.4, -0.2) is 32.4 Å². The van der Waals surface area contributed by atoms with Crippen LogP contribution in [0.3, 0.4) is 0 Å². The van der Waals surface area contributed by atoms with Gasteiger partial charge in [-0.05, 0) is 16.4 Å². The summed E-state index contributed by atoms with van der Waals surface area (Å²) in [7, 11) is 0. The third kappa shape index (κ3) is 8.98. The first-order chi connectivity index (χ1) is 17.5.